The molecule has 1 N–H and O–H groups in total. The lowest BCUT2D eigenvalue weighted by atomic mass is 9.69. The molecule has 0 heterocycles. The lowest BCUT2D eigenvalue weighted by Gasteiger charge is -2.11. The van der Waals surface area contributed by atoms with Gasteiger partial charge < -0.3 is 5.02 Å². The second kappa shape index (κ2) is 4.26. The van der Waals surface area contributed by atoms with Gasteiger partial charge in [0.25, 0.3) is 0 Å². The van der Waals surface area contributed by atoms with Gasteiger partial charge in [-0.15, -0.1) is 0 Å². The summed E-state index contributed by atoms with van der Waals surface area (Å²) in [5, 5.41) is 8.80. The van der Waals surface area contributed by atoms with Crippen LogP contribution in [0.2, 0.25) is 0 Å². The predicted molar refractivity (Wildman–Crippen MR) is 48.6 cm³/mol. The number of benzene rings is 1. The molecule has 1 atom stereocenters. The molecule has 1 unspecified atom stereocenters. The van der Waals surface area contributed by atoms with Crippen LogP contribution in [0.4, 0.5) is 4.32 Å². The van der Waals surface area contributed by atoms with E-state index in [1.54, 1.807) is 0 Å². The summed E-state index contributed by atoms with van der Waals surface area (Å²) >= 11 is 0. The van der Waals surface area contributed by atoms with Crippen molar-refractivity contribution in [2.45, 2.75) is 19.2 Å². The van der Waals surface area contributed by atoms with Crippen molar-refractivity contribution in [2.75, 3.05) is 0 Å². The third-order valence-electron chi connectivity index (χ3n) is 2.00. The smallest absolute Gasteiger partial charge is 0.423 e. The van der Waals surface area contributed by atoms with Crippen LogP contribution in [0.1, 0.15) is 24.7 Å². The molecular weight excluding hydrogens is 154 g/mol. The van der Waals surface area contributed by atoms with Gasteiger partial charge in [-0.2, -0.15) is 0 Å². The molecule has 0 spiro atoms. The van der Waals surface area contributed by atoms with Crippen molar-refractivity contribution in [2.24, 2.45) is 0 Å². The highest BCUT2D eigenvalue weighted by molar-refractivity contribution is 6.44. The van der Waals surface area contributed by atoms with E-state index in [-0.39, 0.29) is 5.82 Å². The van der Waals surface area contributed by atoms with Crippen molar-refractivity contribution < 1.29 is 9.34 Å². The Bertz CT molecular complexity index is 225. The molecule has 1 nitrogen and oxygen atoms in total. The van der Waals surface area contributed by atoms with E-state index in [4.69, 9.17) is 5.02 Å². The first-order valence-corrected chi connectivity index (χ1v) is 4.12. The van der Waals surface area contributed by atoms with Crippen LogP contribution in [0.25, 0.3) is 0 Å². The quantitative estimate of drug-likeness (QED) is 0.682. The highest BCUT2D eigenvalue weighted by atomic mass is 19.1. The van der Waals surface area contributed by atoms with E-state index in [1.807, 2.05) is 37.3 Å². The van der Waals surface area contributed by atoms with Crippen molar-refractivity contribution in [3.63, 3.8) is 0 Å². The molecule has 0 fully saturated rings. The van der Waals surface area contributed by atoms with E-state index >= 15 is 0 Å². The minimum atomic E-state index is -1.75. The van der Waals surface area contributed by atoms with E-state index in [1.165, 1.54) is 0 Å². The third-order valence-corrected chi connectivity index (χ3v) is 2.00. The number of halogens is 1. The summed E-state index contributed by atoms with van der Waals surface area (Å²) in [6.07, 6.45) is 0.613. The van der Waals surface area contributed by atoms with Crippen LogP contribution in [0.15, 0.2) is 30.3 Å². The molecule has 1 aromatic carbocycles. The molecule has 0 aliphatic rings. The Labute approximate surface area is 72.4 Å². The van der Waals surface area contributed by atoms with Crippen LogP contribution >= 0.6 is 0 Å². The van der Waals surface area contributed by atoms with Gasteiger partial charge in [0, 0.05) is 5.82 Å². The molecular formula is C9H12BFO. The predicted octanol–water partition coefficient (Wildman–Crippen LogP) is 2.17. The van der Waals surface area contributed by atoms with Crippen LogP contribution < -0.4 is 0 Å². The SMILES string of the molecule is CCC(B(O)F)c1ccccc1. The van der Waals surface area contributed by atoms with Crippen molar-refractivity contribution in [3.05, 3.63) is 35.9 Å². The summed E-state index contributed by atoms with van der Waals surface area (Å²) < 4.78 is 12.6. The van der Waals surface area contributed by atoms with Crippen molar-refractivity contribution >= 4 is 7.19 Å². The van der Waals surface area contributed by atoms with E-state index in [0.717, 1.165) is 5.56 Å². The molecule has 0 aromatic heterocycles. The van der Waals surface area contributed by atoms with Crippen LogP contribution in [0.5, 0.6) is 0 Å². The van der Waals surface area contributed by atoms with E-state index in [2.05, 4.69) is 0 Å². The minimum absolute atomic E-state index is 0.383. The molecule has 3 heteroatoms. The van der Waals surface area contributed by atoms with Gasteiger partial charge >= 0.3 is 7.19 Å². The maximum atomic E-state index is 12.6. The number of rotatable bonds is 3. The number of hydrogen-bond donors (Lipinski definition) is 1. The molecule has 0 radical (unpaired) electrons. The second-order valence-electron chi connectivity index (χ2n) is 2.80. The van der Waals surface area contributed by atoms with Gasteiger partial charge in [0.2, 0.25) is 0 Å². The first-order valence-electron chi connectivity index (χ1n) is 4.12. The molecule has 0 bridgehead atoms. The largest absolute Gasteiger partial charge is 0.504 e. The first kappa shape index (κ1) is 9.26. The van der Waals surface area contributed by atoms with Crippen LogP contribution in [0, 0.1) is 0 Å². The summed E-state index contributed by atoms with van der Waals surface area (Å²) in [6, 6.07) is 9.23. The molecule has 0 aliphatic heterocycles. The lowest BCUT2D eigenvalue weighted by Crippen LogP contribution is -2.17. The third kappa shape index (κ3) is 2.08. The van der Waals surface area contributed by atoms with Crippen LogP contribution in [-0.4, -0.2) is 12.2 Å². The highest BCUT2D eigenvalue weighted by Gasteiger charge is 2.24. The summed E-state index contributed by atoms with van der Waals surface area (Å²) in [4.78, 5) is 0. The Balaban J connectivity index is 2.80. The summed E-state index contributed by atoms with van der Waals surface area (Å²) in [5.41, 5.74) is 0.856. The van der Waals surface area contributed by atoms with Gasteiger partial charge in [-0.1, -0.05) is 43.7 Å². The summed E-state index contributed by atoms with van der Waals surface area (Å²) in [5.74, 6) is -0.383. The first-order chi connectivity index (χ1) is 5.75. The van der Waals surface area contributed by atoms with Gasteiger partial charge in [-0.05, 0) is 5.56 Å². The Morgan fingerprint density at radius 2 is 2.00 bits per heavy atom. The maximum Gasteiger partial charge on any atom is 0.504 e. The van der Waals surface area contributed by atoms with E-state index in [9.17, 15) is 4.32 Å². The van der Waals surface area contributed by atoms with Crippen LogP contribution in [0.3, 0.4) is 0 Å². The Kier molecular flexibility index (Phi) is 3.29. The normalized spacial score (nSPS) is 12.6. The van der Waals surface area contributed by atoms with Gasteiger partial charge in [0.1, 0.15) is 0 Å². The molecule has 1 rings (SSSR count). The Hall–Kier alpha value is -0.825. The average Bonchev–Trinajstić information content (AvgIpc) is 2.07. The van der Waals surface area contributed by atoms with Gasteiger partial charge in [0.15, 0.2) is 0 Å². The molecule has 1 aromatic rings. The fourth-order valence-electron chi connectivity index (χ4n) is 1.29. The zero-order valence-electron chi connectivity index (χ0n) is 7.07. The van der Waals surface area contributed by atoms with Crippen LogP contribution in [-0.2, 0) is 0 Å². The summed E-state index contributed by atoms with van der Waals surface area (Å²) in [6.45, 7) is 1.86. The highest BCUT2D eigenvalue weighted by Crippen LogP contribution is 2.21. The molecule has 0 amide bonds. The lowest BCUT2D eigenvalue weighted by molar-refractivity contribution is 0.468. The number of hydrogen-bond acceptors (Lipinski definition) is 1. The Morgan fingerprint density at radius 3 is 2.42 bits per heavy atom. The monoisotopic (exact) mass is 166 g/mol. The van der Waals surface area contributed by atoms with Crippen molar-refractivity contribution in [3.8, 4) is 0 Å². The minimum Gasteiger partial charge on any atom is -0.423 e. The van der Waals surface area contributed by atoms with Gasteiger partial charge in [-0.3, -0.25) is 4.32 Å². The topological polar surface area (TPSA) is 20.2 Å². The molecule has 12 heavy (non-hydrogen) atoms. The van der Waals surface area contributed by atoms with E-state index in [0.29, 0.717) is 6.42 Å². The van der Waals surface area contributed by atoms with Gasteiger partial charge in [0.05, 0.1) is 0 Å². The maximum absolute atomic E-state index is 12.6. The molecule has 0 saturated carbocycles. The Morgan fingerprint density at radius 1 is 1.42 bits per heavy atom. The fourth-order valence-corrected chi connectivity index (χ4v) is 1.29. The molecule has 0 aliphatic carbocycles. The van der Waals surface area contributed by atoms with Gasteiger partial charge in [-0.25, -0.2) is 0 Å². The summed E-state index contributed by atoms with van der Waals surface area (Å²) in [7, 11) is -1.75. The van der Waals surface area contributed by atoms with E-state index < -0.39 is 7.19 Å². The zero-order chi connectivity index (χ0) is 8.97. The molecule has 0 saturated heterocycles. The standard InChI is InChI=1S/C9H12BFO/c1-2-9(10(11)12)8-6-4-3-5-7-8/h3-7,9,12H,2H2,1H3. The van der Waals surface area contributed by atoms with Crippen molar-refractivity contribution in [1.82, 2.24) is 0 Å². The van der Waals surface area contributed by atoms with Crippen molar-refractivity contribution in [1.29, 1.82) is 0 Å². The second-order valence-corrected chi connectivity index (χ2v) is 2.80. The average molecular weight is 166 g/mol. The fraction of sp³-hybridized carbons (Fsp3) is 0.333. The zero-order valence-corrected chi connectivity index (χ0v) is 7.07. The molecule has 64 valence electrons.